The van der Waals surface area contributed by atoms with E-state index >= 15 is 0 Å². The third-order valence-electron chi connectivity index (χ3n) is 4.03. The number of amides is 1. The monoisotopic (exact) mass is 411 g/mol. The van der Waals surface area contributed by atoms with Gasteiger partial charge in [-0.15, -0.1) is 5.10 Å². The second-order valence-corrected chi connectivity index (χ2v) is 7.72. The van der Waals surface area contributed by atoms with Gasteiger partial charge in [0.15, 0.2) is 5.13 Å². The number of aromatic nitrogens is 4. The van der Waals surface area contributed by atoms with Crippen LogP contribution in [0.5, 0.6) is 5.75 Å². The van der Waals surface area contributed by atoms with Crippen molar-refractivity contribution >= 4 is 44.1 Å². The largest absolute Gasteiger partial charge is 0.494 e. The number of hydrogen-bond donors (Lipinski definition) is 0. The summed E-state index contributed by atoms with van der Waals surface area (Å²) in [6.45, 7) is 4.64. The molecular weight excluding hydrogens is 394 g/mol. The Bertz CT molecular complexity index is 1110. The molecule has 0 saturated heterocycles. The smallest absolute Gasteiger partial charge is 0.274 e. The van der Waals surface area contributed by atoms with Crippen LogP contribution < -0.4 is 9.64 Å². The highest BCUT2D eigenvalue weighted by Gasteiger charge is 2.25. The van der Waals surface area contributed by atoms with Crippen molar-refractivity contribution in [2.75, 3.05) is 11.5 Å². The molecule has 0 radical (unpaired) electrons. The highest BCUT2D eigenvalue weighted by Crippen LogP contribution is 2.33. The molecule has 3 aromatic heterocycles. The van der Waals surface area contributed by atoms with Gasteiger partial charge in [0.25, 0.3) is 5.91 Å². The number of benzene rings is 1. The Kier molecular flexibility index (Phi) is 5.27. The summed E-state index contributed by atoms with van der Waals surface area (Å²) in [6.07, 6.45) is 1.71. The van der Waals surface area contributed by atoms with Crippen LogP contribution in [0, 0.1) is 6.92 Å². The zero-order valence-corrected chi connectivity index (χ0v) is 17.0. The van der Waals surface area contributed by atoms with Gasteiger partial charge in [-0.05, 0) is 55.7 Å². The predicted octanol–water partition coefficient (Wildman–Crippen LogP) is 4.10. The van der Waals surface area contributed by atoms with E-state index in [0.29, 0.717) is 28.9 Å². The number of pyridine rings is 1. The molecule has 9 heteroatoms. The number of fused-ring (bicyclic) bond motifs is 1. The number of aryl methyl sites for hydroxylation is 1. The molecule has 0 fully saturated rings. The Labute approximate surface area is 169 Å². The molecule has 0 spiro atoms. The molecule has 142 valence electrons. The Balaban J connectivity index is 1.75. The van der Waals surface area contributed by atoms with Gasteiger partial charge in [-0.25, -0.2) is 4.98 Å². The Morgan fingerprint density at radius 3 is 2.86 bits per heavy atom. The molecule has 0 aliphatic carbocycles. The molecule has 3 heterocycles. The zero-order chi connectivity index (χ0) is 19.5. The maximum absolute atomic E-state index is 13.2. The average Bonchev–Trinajstić information content (AvgIpc) is 3.32. The predicted molar refractivity (Wildman–Crippen MR) is 110 cm³/mol. The Hall–Kier alpha value is -2.91. The molecule has 7 nitrogen and oxygen atoms in total. The van der Waals surface area contributed by atoms with Crippen LogP contribution in [0.2, 0.25) is 0 Å². The van der Waals surface area contributed by atoms with E-state index in [1.807, 2.05) is 43.3 Å². The van der Waals surface area contributed by atoms with Crippen molar-refractivity contribution in [3.8, 4) is 5.75 Å². The molecule has 0 saturated carbocycles. The van der Waals surface area contributed by atoms with Gasteiger partial charge in [0, 0.05) is 6.20 Å². The van der Waals surface area contributed by atoms with E-state index in [9.17, 15) is 4.79 Å². The quantitative estimate of drug-likeness (QED) is 0.475. The Morgan fingerprint density at radius 1 is 1.25 bits per heavy atom. The van der Waals surface area contributed by atoms with E-state index < -0.39 is 0 Å². The second kappa shape index (κ2) is 7.99. The van der Waals surface area contributed by atoms with Gasteiger partial charge >= 0.3 is 0 Å². The summed E-state index contributed by atoms with van der Waals surface area (Å²) >= 11 is 2.54. The third-order valence-corrected chi connectivity index (χ3v) is 5.88. The minimum Gasteiger partial charge on any atom is -0.494 e. The number of hydrogen-bond acceptors (Lipinski definition) is 8. The van der Waals surface area contributed by atoms with Crippen LogP contribution in [-0.2, 0) is 6.54 Å². The number of ether oxygens (including phenoxy) is 1. The van der Waals surface area contributed by atoms with E-state index in [-0.39, 0.29) is 5.91 Å². The van der Waals surface area contributed by atoms with Crippen molar-refractivity contribution in [3.63, 3.8) is 0 Å². The fraction of sp³-hybridized carbons (Fsp3) is 0.211. The number of rotatable bonds is 6. The van der Waals surface area contributed by atoms with Crippen molar-refractivity contribution in [2.24, 2.45) is 0 Å². The first-order chi connectivity index (χ1) is 13.7. The molecule has 1 amide bonds. The normalized spacial score (nSPS) is 10.9. The molecule has 0 atom stereocenters. The molecule has 28 heavy (non-hydrogen) atoms. The summed E-state index contributed by atoms with van der Waals surface area (Å²) in [4.78, 5) is 24.4. The molecule has 0 aliphatic rings. The van der Waals surface area contributed by atoms with Crippen LogP contribution in [0.15, 0.2) is 42.6 Å². The third kappa shape index (κ3) is 3.71. The first-order valence-corrected chi connectivity index (χ1v) is 10.3. The number of thiazole rings is 1. The summed E-state index contributed by atoms with van der Waals surface area (Å²) in [5.41, 5.74) is 2.21. The van der Waals surface area contributed by atoms with E-state index in [0.717, 1.165) is 33.2 Å². The minimum absolute atomic E-state index is 0.178. The number of carbonyl (C=O) groups is 1. The molecule has 4 aromatic rings. The Morgan fingerprint density at radius 2 is 2.14 bits per heavy atom. The van der Waals surface area contributed by atoms with Crippen LogP contribution in [0.25, 0.3) is 10.2 Å². The van der Waals surface area contributed by atoms with Crippen molar-refractivity contribution in [2.45, 2.75) is 20.4 Å². The second-order valence-electron chi connectivity index (χ2n) is 5.96. The fourth-order valence-electron chi connectivity index (χ4n) is 2.69. The summed E-state index contributed by atoms with van der Waals surface area (Å²) in [7, 11) is 0. The average molecular weight is 412 g/mol. The van der Waals surface area contributed by atoms with E-state index in [2.05, 4.69) is 19.6 Å². The highest BCUT2D eigenvalue weighted by atomic mass is 32.1. The van der Waals surface area contributed by atoms with Crippen molar-refractivity contribution in [1.29, 1.82) is 0 Å². The molecule has 0 N–H and O–H groups in total. The lowest BCUT2D eigenvalue weighted by molar-refractivity contribution is 0.0988. The van der Waals surface area contributed by atoms with Crippen LogP contribution >= 0.6 is 22.9 Å². The number of nitrogens with zero attached hydrogens (tertiary/aromatic N) is 5. The first-order valence-electron chi connectivity index (χ1n) is 8.70. The molecular formula is C19H17N5O2S2. The summed E-state index contributed by atoms with van der Waals surface area (Å²) in [5, 5.41) is 4.57. The summed E-state index contributed by atoms with van der Waals surface area (Å²) in [6, 6.07) is 11.4. The summed E-state index contributed by atoms with van der Waals surface area (Å²) < 4.78 is 10.4. The van der Waals surface area contributed by atoms with Gasteiger partial charge in [0.05, 0.1) is 34.8 Å². The standard InChI is InChI=1S/C19H17N5O2S2/c1-3-26-14-7-8-15-16(10-14)27-19(21-15)24(11-13-6-4-5-9-20-13)18(25)17-12(2)22-23-28-17/h4-10H,3,11H2,1-2H3. The maximum atomic E-state index is 13.2. The number of carbonyl (C=O) groups excluding carboxylic acids is 1. The molecule has 0 unspecified atom stereocenters. The van der Waals surface area contributed by atoms with Gasteiger partial charge in [0.1, 0.15) is 10.6 Å². The maximum Gasteiger partial charge on any atom is 0.274 e. The van der Waals surface area contributed by atoms with Crippen LogP contribution in [0.1, 0.15) is 28.0 Å². The van der Waals surface area contributed by atoms with Crippen LogP contribution in [-0.4, -0.2) is 32.1 Å². The lowest BCUT2D eigenvalue weighted by atomic mass is 10.3. The van der Waals surface area contributed by atoms with E-state index in [1.165, 1.54) is 11.3 Å². The van der Waals surface area contributed by atoms with Crippen LogP contribution in [0.4, 0.5) is 5.13 Å². The topological polar surface area (TPSA) is 81.1 Å². The van der Waals surface area contributed by atoms with Gasteiger partial charge in [0.2, 0.25) is 0 Å². The van der Waals surface area contributed by atoms with Crippen molar-refractivity contribution in [3.05, 3.63) is 58.9 Å². The van der Waals surface area contributed by atoms with Gasteiger partial charge < -0.3 is 4.74 Å². The number of anilines is 1. The van der Waals surface area contributed by atoms with E-state index in [1.54, 1.807) is 18.0 Å². The SMILES string of the molecule is CCOc1ccc2nc(N(Cc3ccccn3)C(=O)c3snnc3C)sc2c1. The van der Waals surface area contributed by atoms with Crippen molar-refractivity contribution < 1.29 is 9.53 Å². The van der Waals surface area contributed by atoms with Crippen molar-refractivity contribution in [1.82, 2.24) is 19.6 Å². The van der Waals surface area contributed by atoms with Gasteiger partial charge in [-0.3, -0.25) is 14.7 Å². The van der Waals surface area contributed by atoms with Gasteiger partial charge in [-0.1, -0.05) is 21.9 Å². The zero-order valence-electron chi connectivity index (χ0n) is 15.3. The fourth-order valence-corrected chi connectivity index (χ4v) is 4.29. The molecule has 1 aromatic carbocycles. The van der Waals surface area contributed by atoms with Crippen LogP contribution in [0.3, 0.4) is 0 Å². The van der Waals surface area contributed by atoms with Gasteiger partial charge in [-0.2, -0.15) is 0 Å². The lowest BCUT2D eigenvalue weighted by Crippen LogP contribution is -2.30. The minimum atomic E-state index is -0.178. The van der Waals surface area contributed by atoms with E-state index in [4.69, 9.17) is 4.74 Å². The highest BCUT2D eigenvalue weighted by molar-refractivity contribution is 7.22. The summed E-state index contributed by atoms with van der Waals surface area (Å²) in [5.74, 6) is 0.609. The molecule has 0 bridgehead atoms. The molecule has 4 rings (SSSR count). The lowest BCUT2D eigenvalue weighted by Gasteiger charge is -2.18. The molecule has 0 aliphatic heterocycles. The first kappa shape index (κ1) is 18.5.